The van der Waals surface area contributed by atoms with Gasteiger partial charge in [0.2, 0.25) is 5.91 Å². The molecule has 0 atom stereocenters. The molecule has 0 spiro atoms. The summed E-state index contributed by atoms with van der Waals surface area (Å²) in [6, 6.07) is 0. The van der Waals surface area contributed by atoms with Gasteiger partial charge < -0.3 is 19.1 Å². The van der Waals surface area contributed by atoms with Gasteiger partial charge in [0.05, 0.1) is 13.2 Å². The van der Waals surface area contributed by atoms with Crippen molar-refractivity contribution in [2.24, 2.45) is 0 Å². The number of phosphoric ester groups is 2. The number of ether oxygens (including phenoxy) is 1. The molecule has 14 heteroatoms. The van der Waals surface area contributed by atoms with Crippen LogP contribution in [-0.4, -0.2) is 54.5 Å². The van der Waals surface area contributed by atoms with Gasteiger partial charge in [0, 0.05) is 41.6 Å². The monoisotopic (exact) mass is 447 g/mol. The van der Waals surface area contributed by atoms with E-state index in [2.05, 4.69) is 28.1 Å². The number of esters is 1. The van der Waals surface area contributed by atoms with Crippen LogP contribution in [0.1, 0.15) is 13.8 Å². The van der Waals surface area contributed by atoms with E-state index in [1.165, 1.54) is 56.4 Å². The Balaban J connectivity index is 0. The highest BCUT2D eigenvalue weighted by molar-refractivity contribution is 7.48. The van der Waals surface area contributed by atoms with Crippen LogP contribution >= 0.6 is 15.6 Å². The second-order valence-corrected chi connectivity index (χ2v) is 8.07. The molecule has 12 nitrogen and oxygen atoms in total. The first kappa shape index (κ1) is 28.5. The Morgan fingerprint density at radius 2 is 1.11 bits per heavy atom. The molecule has 1 N–H and O–H groups in total. The molecule has 0 saturated heterocycles. The third kappa shape index (κ3) is 12.7. The molecule has 0 aromatic rings. The van der Waals surface area contributed by atoms with Crippen molar-refractivity contribution >= 4 is 27.5 Å². The van der Waals surface area contributed by atoms with E-state index >= 15 is 0 Å². The molecule has 0 aromatic heterocycles. The fourth-order valence-corrected chi connectivity index (χ4v) is 2.59. The summed E-state index contributed by atoms with van der Waals surface area (Å²) in [6.07, 6.45) is 2.18. The summed E-state index contributed by atoms with van der Waals surface area (Å²) in [5, 5.41) is 2.35. The Labute approximate surface area is 164 Å². The highest BCUT2D eigenvalue weighted by atomic mass is 31.2. The quantitative estimate of drug-likeness (QED) is 0.228. The van der Waals surface area contributed by atoms with Crippen molar-refractivity contribution in [3.05, 3.63) is 23.7 Å². The molecule has 0 saturated carbocycles. The minimum Gasteiger partial charge on any atom is -0.466 e. The van der Waals surface area contributed by atoms with Gasteiger partial charge in [0.1, 0.15) is 11.5 Å². The van der Waals surface area contributed by atoms with Gasteiger partial charge in [0.25, 0.3) is 0 Å². The third-order valence-electron chi connectivity index (χ3n) is 2.51. The SMILES string of the molecule is CNC(=O)/C=C(\C)OP(=O)(OC)OC.COC(=O)C=C(C)OP(=O)(OC)OC. The molecule has 0 unspecified atom stereocenters. The van der Waals surface area contributed by atoms with Gasteiger partial charge >= 0.3 is 21.6 Å². The molecule has 0 aromatic carbocycles. The van der Waals surface area contributed by atoms with E-state index in [1.807, 2.05) is 0 Å². The zero-order valence-electron chi connectivity index (χ0n) is 17.0. The number of nitrogens with one attached hydrogen (secondary N) is 1. The van der Waals surface area contributed by atoms with Crippen molar-refractivity contribution in [3.63, 3.8) is 0 Å². The van der Waals surface area contributed by atoms with Gasteiger partial charge in [-0.15, -0.1) is 0 Å². The molecule has 0 radical (unpaired) electrons. The van der Waals surface area contributed by atoms with Gasteiger partial charge in [-0.05, 0) is 13.8 Å². The number of likely N-dealkylation sites (N-methyl/N-ethyl adjacent to an activating group) is 1. The molecule has 0 aliphatic heterocycles. The van der Waals surface area contributed by atoms with Crippen molar-refractivity contribution in [1.82, 2.24) is 5.32 Å². The zero-order valence-corrected chi connectivity index (χ0v) is 18.8. The Bertz CT molecular complexity index is 588. The Morgan fingerprint density at radius 3 is 1.39 bits per heavy atom. The number of rotatable bonds is 10. The minimum absolute atomic E-state index is 0.0869. The third-order valence-corrected chi connectivity index (χ3v) is 5.32. The molecule has 0 aliphatic carbocycles. The highest BCUT2D eigenvalue weighted by Gasteiger charge is 2.25. The topological polar surface area (TPSA) is 145 Å². The van der Waals surface area contributed by atoms with E-state index in [0.717, 1.165) is 12.2 Å². The number of carbonyl (C=O) groups is 2. The molecular weight excluding hydrogens is 420 g/mol. The fourth-order valence-electron chi connectivity index (χ4n) is 1.19. The van der Waals surface area contributed by atoms with E-state index in [9.17, 15) is 18.7 Å². The average molecular weight is 447 g/mol. The van der Waals surface area contributed by atoms with Gasteiger partial charge in [-0.2, -0.15) is 0 Å². The second kappa shape index (κ2) is 14.3. The van der Waals surface area contributed by atoms with Crippen molar-refractivity contribution in [3.8, 4) is 0 Å². The predicted molar refractivity (Wildman–Crippen MR) is 99.0 cm³/mol. The van der Waals surface area contributed by atoms with Crippen LogP contribution in [0, 0.1) is 0 Å². The van der Waals surface area contributed by atoms with E-state index in [-0.39, 0.29) is 17.4 Å². The van der Waals surface area contributed by atoms with Crippen LogP contribution in [0.4, 0.5) is 0 Å². The van der Waals surface area contributed by atoms with Gasteiger partial charge in [-0.1, -0.05) is 0 Å². The number of phosphoric acid groups is 2. The molecular formula is C14H27NO11P2. The Hall–Kier alpha value is -1.68. The van der Waals surface area contributed by atoms with Crippen LogP contribution in [0.3, 0.4) is 0 Å². The average Bonchev–Trinajstić information content (AvgIpc) is 2.67. The summed E-state index contributed by atoms with van der Waals surface area (Å²) in [6.45, 7) is 2.90. The van der Waals surface area contributed by atoms with Crippen molar-refractivity contribution in [1.29, 1.82) is 0 Å². The summed E-state index contributed by atoms with van der Waals surface area (Å²) in [7, 11) is 0.295. The van der Waals surface area contributed by atoms with Crippen LogP contribution in [0.25, 0.3) is 0 Å². The smallest absolute Gasteiger partial charge is 0.466 e. The molecule has 0 aliphatic rings. The summed E-state index contributed by atoms with van der Waals surface area (Å²) in [4.78, 5) is 21.6. The number of hydrogen-bond donors (Lipinski definition) is 1. The number of methoxy groups -OCH3 is 1. The Morgan fingerprint density at radius 1 is 0.750 bits per heavy atom. The predicted octanol–water partition coefficient (Wildman–Crippen LogP) is 2.53. The molecule has 0 fully saturated rings. The fraction of sp³-hybridized carbons (Fsp3) is 0.571. The van der Waals surface area contributed by atoms with Crippen molar-refractivity contribution < 1.29 is 50.6 Å². The lowest BCUT2D eigenvalue weighted by atomic mass is 10.5. The van der Waals surface area contributed by atoms with Crippen LogP contribution in [0.2, 0.25) is 0 Å². The van der Waals surface area contributed by atoms with Gasteiger partial charge in [0.15, 0.2) is 0 Å². The number of amides is 1. The highest BCUT2D eigenvalue weighted by Crippen LogP contribution is 2.50. The van der Waals surface area contributed by atoms with Crippen LogP contribution in [0.15, 0.2) is 23.7 Å². The summed E-state index contributed by atoms with van der Waals surface area (Å²) < 4.78 is 54.7. The molecule has 0 heterocycles. The van der Waals surface area contributed by atoms with Crippen LogP contribution in [-0.2, 0) is 50.6 Å². The normalized spacial score (nSPS) is 12.4. The molecule has 28 heavy (non-hydrogen) atoms. The molecule has 0 bridgehead atoms. The maximum absolute atomic E-state index is 11.4. The van der Waals surface area contributed by atoms with Gasteiger partial charge in [-0.3, -0.25) is 22.9 Å². The summed E-state index contributed by atoms with van der Waals surface area (Å²) in [5.41, 5.74) is 0. The lowest BCUT2D eigenvalue weighted by molar-refractivity contribution is -0.135. The van der Waals surface area contributed by atoms with E-state index in [4.69, 9.17) is 9.05 Å². The molecule has 1 amide bonds. The van der Waals surface area contributed by atoms with Crippen LogP contribution < -0.4 is 5.32 Å². The number of allylic oxidation sites excluding steroid dienone is 2. The standard InChI is InChI=1S/C7H14NO5P.C7H13O6P/c1-6(5-7(9)8-2)13-14(10,11-3)12-4;1-6(5-7(8)10-2)13-14(9,11-3)12-4/h5H,1-4H3,(H,8,9);5H,1-4H3/b6-5+;. The lowest BCUT2D eigenvalue weighted by Crippen LogP contribution is -2.15. The molecule has 0 rings (SSSR count). The first-order chi connectivity index (χ1) is 12.9. The molecule has 164 valence electrons. The zero-order chi connectivity index (χ0) is 22.4. The minimum atomic E-state index is -3.58. The summed E-state index contributed by atoms with van der Waals surface area (Å²) in [5.74, 6) is -0.734. The maximum atomic E-state index is 11.4. The van der Waals surface area contributed by atoms with E-state index in [0.29, 0.717) is 0 Å². The van der Waals surface area contributed by atoms with E-state index in [1.54, 1.807) is 0 Å². The van der Waals surface area contributed by atoms with Crippen LogP contribution in [0.5, 0.6) is 0 Å². The van der Waals surface area contributed by atoms with Crippen molar-refractivity contribution in [2.75, 3.05) is 42.6 Å². The summed E-state index contributed by atoms with van der Waals surface area (Å²) >= 11 is 0. The van der Waals surface area contributed by atoms with Crippen molar-refractivity contribution in [2.45, 2.75) is 13.8 Å². The number of carbonyl (C=O) groups excluding carboxylic acids is 2. The maximum Gasteiger partial charge on any atom is 0.529 e. The second-order valence-electron chi connectivity index (χ2n) is 4.45. The number of hydrogen-bond acceptors (Lipinski definition) is 11. The Kier molecular flexibility index (Phi) is 14.6. The lowest BCUT2D eigenvalue weighted by Gasteiger charge is -2.13. The van der Waals surface area contributed by atoms with E-state index < -0.39 is 21.6 Å². The first-order valence-electron chi connectivity index (χ1n) is 7.43. The van der Waals surface area contributed by atoms with Gasteiger partial charge in [-0.25, -0.2) is 13.9 Å². The largest absolute Gasteiger partial charge is 0.529 e. The first-order valence-corrected chi connectivity index (χ1v) is 10.3.